The van der Waals surface area contributed by atoms with Gasteiger partial charge < -0.3 is 0 Å². The highest BCUT2D eigenvalue weighted by Crippen LogP contribution is 2.39. The lowest BCUT2D eigenvalue weighted by atomic mass is 10.0. The van der Waals surface area contributed by atoms with Crippen molar-refractivity contribution in [2.45, 2.75) is 25.2 Å². The van der Waals surface area contributed by atoms with E-state index < -0.39 is 31.1 Å². The van der Waals surface area contributed by atoms with Crippen molar-refractivity contribution < 1.29 is 25.6 Å². The first-order valence-corrected chi connectivity index (χ1v) is 7.00. The largest absolute Gasteiger partial charge is 0.398 e. The van der Waals surface area contributed by atoms with Crippen molar-refractivity contribution in [2.24, 2.45) is 5.92 Å². The number of hydrogen-bond donors (Lipinski definition) is 1. The molecule has 1 N–H and O–H groups in total. The summed E-state index contributed by atoms with van der Waals surface area (Å²) in [6.45, 7) is 2.73. The van der Waals surface area contributed by atoms with Gasteiger partial charge in [0, 0.05) is 5.92 Å². The fraction of sp³-hybridized carbons (Fsp3) is 1.00. The molecule has 6 nitrogen and oxygen atoms in total. The molecule has 0 amide bonds. The molecule has 0 radical (unpaired) electrons. The van der Waals surface area contributed by atoms with Gasteiger partial charge in [-0.05, 0) is 13.3 Å². The Labute approximate surface area is 83.1 Å². The van der Waals surface area contributed by atoms with E-state index in [9.17, 15) is 16.8 Å². The molecule has 0 aromatic heterocycles. The molecule has 14 heavy (non-hydrogen) atoms. The minimum Gasteiger partial charge on any atom is -0.263 e. The molecule has 1 aliphatic heterocycles. The van der Waals surface area contributed by atoms with Crippen LogP contribution in [0, 0.1) is 5.92 Å². The average molecular weight is 244 g/mol. The Bertz CT molecular complexity index is 421. The Morgan fingerprint density at radius 1 is 1.50 bits per heavy atom. The van der Waals surface area contributed by atoms with E-state index in [1.54, 1.807) is 6.92 Å². The van der Waals surface area contributed by atoms with Crippen LogP contribution in [0.1, 0.15) is 20.3 Å². The third kappa shape index (κ3) is 1.92. The van der Waals surface area contributed by atoms with E-state index in [-0.39, 0.29) is 5.75 Å². The van der Waals surface area contributed by atoms with Gasteiger partial charge in [0.25, 0.3) is 0 Å². The lowest BCUT2D eigenvalue weighted by Gasteiger charge is -2.25. The molecule has 1 fully saturated rings. The summed E-state index contributed by atoms with van der Waals surface area (Å²) in [6.07, 6.45) is 0.328. The maximum Gasteiger partial charge on any atom is 0.398 e. The van der Waals surface area contributed by atoms with Gasteiger partial charge in [0.15, 0.2) is 14.8 Å². The van der Waals surface area contributed by atoms with Crippen molar-refractivity contribution in [1.29, 1.82) is 0 Å². The normalized spacial score (nSPS) is 37.2. The van der Waals surface area contributed by atoms with Crippen LogP contribution in [-0.4, -0.2) is 32.1 Å². The van der Waals surface area contributed by atoms with Crippen molar-refractivity contribution in [3.63, 3.8) is 0 Å². The molecule has 2 unspecified atom stereocenters. The SMILES string of the molecule is CC1CCS(=O)(=O)C1(C)OS(=O)(=O)O. The molecule has 1 aliphatic rings. The van der Waals surface area contributed by atoms with E-state index in [0.29, 0.717) is 6.42 Å². The van der Waals surface area contributed by atoms with Gasteiger partial charge in [-0.15, -0.1) is 0 Å². The van der Waals surface area contributed by atoms with Crippen LogP contribution in [0.2, 0.25) is 0 Å². The van der Waals surface area contributed by atoms with E-state index in [4.69, 9.17) is 4.55 Å². The van der Waals surface area contributed by atoms with Crippen LogP contribution in [-0.2, 0) is 24.4 Å². The summed E-state index contributed by atoms with van der Waals surface area (Å²) in [5.74, 6) is -0.588. The molecule has 2 atom stereocenters. The Morgan fingerprint density at radius 2 is 2.00 bits per heavy atom. The third-order valence-corrected chi connectivity index (χ3v) is 5.76. The summed E-state index contributed by atoms with van der Waals surface area (Å²) in [5, 5.41) is 0. The van der Waals surface area contributed by atoms with Gasteiger partial charge in [-0.25, -0.2) is 12.6 Å². The summed E-state index contributed by atoms with van der Waals surface area (Å²) in [5.41, 5.74) is 0. The van der Waals surface area contributed by atoms with Crippen molar-refractivity contribution >= 4 is 20.2 Å². The fourth-order valence-corrected chi connectivity index (χ4v) is 4.50. The number of hydrogen-bond acceptors (Lipinski definition) is 5. The average Bonchev–Trinajstić information content (AvgIpc) is 2.11. The Kier molecular flexibility index (Phi) is 2.68. The highest BCUT2D eigenvalue weighted by molar-refractivity contribution is 7.93. The molecule has 1 rings (SSSR count). The second-order valence-corrected chi connectivity index (χ2v) is 7.01. The maximum absolute atomic E-state index is 11.5. The Morgan fingerprint density at radius 3 is 2.29 bits per heavy atom. The number of rotatable bonds is 2. The molecule has 0 aromatic carbocycles. The smallest absolute Gasteiger partial charge is 0.263 e. The monoisotopic (exact) mass is 244 g/mol. The maximum atomic E-state index is 11.5. The van der Waals surface area contributed by atoms with Crippen LogP contribution < -0.4 is 0 Å². The van der Waals surface area contributed by atoms with Gasteiger partial charge in [-0.2, -0.15) is 8.42 Å². The van der Waals surface area contributed by atoms with Crippen molar-refractivity contribution in [2.75, 3.05) is 5.75 Å². The Hall–Kier alpha value is -0.180. The minimum atomic E-state index is -4.75. The van der Waals surface area contributed by atoms with E-state index in [2.05, 4.69) is 4.18 Å². The second kappa shape index (κ2) is 3.16. The Balaban J connectivity index is 3.15. The molecule has 1 heterocycles. The highest BCUT2D eigenvalue weighted by Gasteiger charge is 2.53. The second-order valence-electron chi connectivity index (χ2n) is 3.54. The molecule has 1 saturated heterocycles. The van der Waals surface area contributed by atoms with Crippen molar-refractivity contribution in [3.8, 4) is 0 Å². The molecule has 0 aliphatic carbocycles. The van der Waals surface area contributed by atoms with Crippen molar-refractivity contribution in [1.82, 2.24) is 0 Å². The zero-order valence-electron chi connectivity index (χ0n) is 7.80. The van der Waals surface area contributed by atoms with Crippen LogP contribution in [0.4, 0.5) is 0 Å². The zero-order valence-corrected chi connectivity index (χ0v) is 9.43. The van der Waals surface area contributed by atoms with Gasteiger partial charge in [0.1, 0.15) is 0 Å². The quantitative estimate of drug-likeness (QED) is 0.685. The van der Waals surface area contributed by atoms with E-state index in [0.717, 1.165) is 6.92 Å². The standard InChI is InChI=1S/C6H12O6S2/c1-5-3-4-13(7,8)6(5,2)12-14(9,10)11/h5H,3-4H2,1-2H3,(H,9,10,11). The third-order valence-electron chi connectivity index (χ3n) is 2.60. The summed E-state index contributed by atoms with van der Waals surface area (Å²) in [7, 11) is -8.38. The van der Waals surface area contributed by atoms with Gasteiger partial charge >= 0.3 is 10.4 Å². The first-order chi connectivity index (χ1) is 6.08. The predicted molar refractivity (Wildman–Crippen MR) is 48.6 cm³/mol. The van der Waals surface area contributed by atoms with Crippen LogP contribution >= 0.6 is 0 Å². The van der Waals surface area contributed by atoms with Crippen LogP contribution in [0.5, 0.6) is 0 Å². The first kappa shape index (κ1) is 11.9. The van der Waals surface area contributed by atoms with E-state index in [1.807, 2.05) is 0 Å². The van der Waals surface area contributed by atoms with Gasteiger partial charge in [0.05, 0.1) is 5.75 Å². The van der Waals surface area contributed by atoms with Crippen LogP contribution in [0.25, 0.3) is 0 Å². The summed E-state index contributed by atoms with van der Waals surface area (Å²) < 4.78 is 56.7. The fourth-order valence-electron chi connectivity index (χ4n) is 1.45. The molecule has 0 aromatic rings. The van der Waals surface area contributed by atoms with E-state index in [1.165, 1.54) is 0 Å². The molecular formula is C6H12O6S2. The predicted octanol–water partition coefficient (Wildman–Crippen LogP) is -0.0234. The molecular weight excluding hydrogens is 232 g/mol. The molecule has 84 valence electrons. The first-order valence-electron chi connectivity index (χ1n) is 3.99. The minimum absolute atomic E-state index is 0.125. The lowest BCUT2D eigenvalue weighted by Crippen LogP contribution is -2.40. The van der Waals surface area contributed by atoms with E-state index >= 15 is 0 Å². The van der Waals surface area contributed by atoms with Gasteiger partial charge in [-0.1, -0.05) is 6.92 Å². The molecule has 8 heteroatoms. The van der Waals surface area contributed by atoms with Gasteiger partial charge in [-0.3, -0.25) is 4.55 Å². The zero-order chi connectivity index (χ0) is 11.2. The van der Waals surface area contributed by atoms with Crippen LogP contribution in [0.15, 0.2) is 0 Å². The lowest BCUT2D eigenvalue weighted by molar-refractivity contribution is 0.114. The summed E-state index contributed by atoms with van der Waals surface area (Å²) in [6, 6.07) is 0. The van der Waals surface area contributed by atoms with Gasteiger partial charge in [0.2, 0.25) is 0 Å². The topological polar surface area (TPSA) is 97.7 Å². The number of sulfone groups is 1. The molecule has 0 bridgehead atoms. The molecule has 0 spiro atoms. The summed E-state index contributed by atoms with van der Waals surface area (Å²) in [4.78, 5) is -1.83. The van der Waals surface area contributed by atoms with Crippen molar-refractivity contribution in [3.05, 3.63) is 0 Å². The summed E-state index contributed by atoms with van der Waals surface area (Å²) >= 11 is 0. The van der Waals surface area contributed by atoms with Crippen LogP contribution in [0.3, 0.4) is 0 Å². The molecule has 0 saturated carbocycles. The highest BCUT2D eigenvalue weighted by atomic mass is 32.3.